The van der Waals surface area contributed by atoms with Crippen molar-refractivity contribution in [3.05, 3.63) is 33.9 Å². The Morgan fingerprint density at radius 3 is 2.55 bits per heavy atom. The van der Waals surface area contributed by atoms with E-state index in [9.17, 15) is 14.9 Å². The Kier molecular flexibility index (Phi) is 4.65. The molecule has 0 saturated carbocycles. The molecule has 20 heavy (non-hydrogen) atoms. The lowest BCUT2D eigenvalue weighted by atomic mass is 10.1. The number of benzene rings is 1. The highest BCUT2D eigenvalue weighted by molar-refractivity contribution is 5.79. The number of piperazine rings is 1. The number of aliphatic hydroxyl groups excluding tert-OH is 1. The fraction of sp³-hybridized carbons (Fsp3) is 0.462. The van der Waals surface area contributed by atoms with Gasteiger partial charge in [0.1, 0.15) is 12.0 Å². The first kappa shape index (κ1) is 14.4. The first-order chi connectivity index (χ1) is 9.65. The number of hydrogen-bond donors (Lipinski definition) is 1. The summed E-state index contributed by atoms with van der Waals surface area (Å²) in [5.74, 6) is 0. The molecule has 0 atom stereocenters. The average Bonchev–Trinajstić information content (AvgIpc) is 2.48. The van der Waals surface area contributed by atoms with Gasteiger partial charge in [0, 0.05) is 44.4 Å². The summed E-state index contributed by atoms with van der Waals surface area (Å²) < 4.78 is 0. The standard InChI is InChI=1S/C13H17N3O4/c17-8-7-14-3-5-15(6-4-14)12-2-1-11(10-18)9-13(12)16(19)20/h1-2,9-10,17H,3-8H2. The zero-order valence-electron chi connectivity index (χ0n) is 11.1. The lowest BCUT2D eigenvalue weighted by molar-refractivity contribution is -0.384. The summed E-state index contributed by atoms with van der Waals surface area (Å²) in [4.78, 5) is 25.4. The third-order valence-electron chi connectivity index (χ3n) is 3.46. The molecule has 0 bridgehead atoms. The van der Waals surface area contributed by atoms with Crippen LogP contribution in [0.5, 0.6) is 0 Å². The molecule has 7 nitrogen and oxygen atoms in total. The second-order valence-corrected chi connectivity index (χ2v) is 4.68. The van der Waals surface area contributed by atoms with E-state index in [0.29, 0.717) is 37.2 Å². The Morgan fingerprint density at radius 2 is 2.00 bits per heavy atom. The summed E-state index contributed by atoms with van der Waals surface area (Å²) in [6, 6.07) is 4.53. The molecule has 1 fully saturated rings. The lowest BCUT2D eigenvalue weighted by Gasteiger charge is -2.35. The van der Waals surface area contributed by atoms with Crippen LogP contribution < -0.4 is 4.90 Å². The molecule has 0 aliphatic carbocycles. The van der Waals surface area contributed by atoms with Crippen LogP contribution in [0.15, 0.2) is 18.2 Å². The third-order valence-corrected chi connectivity index (χ3v) is 3.46. The number of carbonyl (C=O) groups excluding carboxylic acids is 1. The van der Waals surface area contributed by atoms with Crippen LogP contribution >= 0.6 is 0 Å². The van der Waals surface area contributed by atoms with Crippen molar-refractivity contribution in [1.82, 2.24) is 4.90 Å². The van der Waals surface area contributed by atoms with Crippen molar-refractivity contribution >= 4 is 17.7 Å². The largest absolute Gasteiger partial charge is 0.395 e. The highest BCUT2D eigenvalue weighted by Gasteiger charge is 2.23. The van der Waals surface area contributed by atoms with E-state index < -0.39 is 4.92 Å². The average molecular weight is 279 g/mol. The van der Waals surface area contributed by atoms with Crippen LogP contribution in [-0.2, 0) is 0 Å². The van der Waals surface area contributed by atoms with Gasteiger partial charge >= 0.3 is 0 Å². The minimum absolute atomic E-state index is 0.0368. The Labute approximate surface area is 116 Å². The van der Waals surface area contributed by atoms with Crippen LogP contribution in [0.2, 0.25) is 0 Å². The maximum atomic E-state index is 11.1. The van der Waals surface area contributed by atoms with Crippen molar-refractivity contribution in [1.29, 1.82) is 0 Å². The summed E-state index contributed by atoms with van der Waals surface area (Å²) in [7, 11) is 0. The molecule has 1 aromatic rings. The number of nitrogens with zero attached hydrogens (tertiary/aromatic N) is 3. The monoisotopic (exact) mass is 279 g/mol. The highest BCUT2D eigenvalue weighted by Crippen LogP contribution is 2.29. The Morgan fingerprint density at radius 1 is 1.30 bits per heavy atom. The second-order valence-electron chi connectivity index (χ2n) is 4.68. The molecule has 108 valence electrons. The van der Waals surface area contributed by atoms with E-state index in [1.54, 1.807) is 12.1 Å². The van der Waals surface area contributed by atoms with Crippen molar-refractivity contribution in [2.45, 2.75) is 0 Å². The number of nitro groups is 1. The van der Waals surface area contributed by atoms with E-state index in [1.807, 2.05) is 4.90 Å². The van der Waals surface area contributed by atoms with Gasteiger partial charge < -0.3 is 10.0 Å². The van der Waals surface area contributed by atoms with E-state index in [2.05, 4.69) is 4.90 Å². The van der Waals surface area contributed by atoms with Crippen LogP contribution in [0.1, 0.15) is 10.4 Å². The minimum Gasteiger partial charge on any atom is -0.395 e. The first-order valence-electron chi connectivity index (χ1n) is 6.47. The Hall–Kier alpha value is -1.99. The predicted octanol–water partition coefficient (Wildman–Crippen LogP) is 0.522. The van der Waals surface area contributed by atoms with E-state index >= 15 is 0 Å². The summed E-state index contributed by atoms with van der Waals surface area (Å²) in [6.07, 6.45) is 0.607. The maximum Gasteiger partial charge on any atom is 0.293 e. The van der Waals surface area contributed by atoms with Crippen LogP contribution in [0.4, 0.5) is 11.4 Å². The van der Waals surface area contributed by atoms with Gasteiger partial charge in [-0.25, -0.2) is 0 Å². The number of hydrogen-bond acceptors (Lipinski definition) is 6. The summed E-state index contributed by atoms with van der Waals surface area (Å²) in [6.45, 7) is 3.59. The molecule has 1 heterocycles. The van der Waals surface area contributed by atoms with Gasteiger partial charge in [0.15, 0.2) is 0 Å². The lowest BCUT2D eigenvalue weighted by Crippen LogP contribution is -2.47. The normalized spacial score (nSPS) is 16.1. The Balaban J connectivity index is 2.17. The summed E-state index contributed by atoms with van der Waals surface area (Å²) in [5.41, 5.74) is 0.814. The van der Waals surface area contributed by atoms with Gasteiger partial charge in [-0.05, 0) is 12.1 Å². The highest BCUT2D eigenvalue weighted by atomic mass is 16.6. The van der Waals surface area contributed by atoms with Gasteiger partial charge in [-0.1, -0.05) is 0 Å². The molecular weight excluding hydrogens is 262 g/mol. The van der Waals surface area contributed by atoms with Crippen molar-refractivity contribution in [2.75, 3.05) is 44.2 Å². The van der Waals surface area contributed by atoms with Crippen molar-refractivity contribution in [3.63, 3.8) is 0 Å². The van der Waals surface area contributed by atoms with E-state index in [1.165, 1.54) is 6.07 Å². The molecule has 0 spiro atoms. The Bertz CT molecular complexity index is 498. The zero-order chi connectivity index (χ0) is 14.5. The smallest absolute Gasteiger partial charge is 0.293 e. The molecule has 2 rings (SSSR count). The molecule has 1 aliphatic rings. The van der Waals surface area contributed by atoms with Gasteiger partial charge in [0.05, 0.1) is 11.5 Å². The number of β-amino-alcohol motifs (C(OH)–C–C–N with tert-alkyl or cyclic N) is 1. The molecular formula is C13H17N3O4. The zero-order valence-corrected chi connectivity index (χ0v) is 11.1. The first-order valence-corrected chi connectivity index (χ1v) is 6.47. The van der Waals surface area contributed by atoms with Crippen molar-refractivity contribution < 1.29 is 14.8 Å². The molecule has 0 unspecified atom stereocenters. The van der Waals surface area contributed by atoms with Gasteiger partial charge in [-0.3, -0.25) is 19.8 Å². The summed E-state index contributed by atoms with van der Waals surface area (Å²) in [5, 5.41) is 20.0. The van der Waals surface area contributed by atoms with Crippen LogP contribution in [0.25, 0.3) is 0 Å². The van der Waals surface area contributed by atoms with Crippen LogP contribution in [-0.4, -0.2) is 60.5 Å². The number of rotatable bonds is 5. The number of nitro benzene ring substituents is 1. The molecule has 1 aromatic carbocycles. The van der Waals surface area contributed by atoms with E-state index in [-0.39, 0.29) is 12.3 Å². The molecule has 1 saturated heterocycles. The van der Waals surface area contributed by atoms with Crippen LogP contribution in [0.3, 0.4) is 0 Å². The SMILES string of the molecule is O=Cc1ccc(N2CCN(CCO)CC2)c([N+](=O)[O-])c1. The van der Waals surface area contributed by atoms with Gasteiger partial charge in [-0.15, -0.1) is 0 Å². The second kappa shape index (κ2) is 6.44. The number of carbonyl (C=O) groups is 1. The van der Waals surface area contributed by atoms with Gasteiger partial charge in [-0.2, -0.15) is 0 Å². The van der Waals surface area contributed by atoms with Crippen LogP contribution in [0, 0.1) is 10.1 Å². The predicted molar refractivity (Wildman–Crippen MR) is 74.2 cm³/mol. The summed E-state index contributed by atoms with van der Waals surface area (Å²) >= 11 is 0. The fourth-order valence-corrected chi connectivity index (χ4v) is 2.38. The quantitative estimate of drug-likeness (QED) is 0.480. The molecule has 0 aromatic heterocycles. The van der Waals surface area contributed by atoms with Crippen molar-refractivity contribution in [2.24, 2.45) is 0 Å². The molecule has 7 heteroatoms. The van der Waals surface area contributed by atoms with E-state index in [0.717, 1.165) is 13.1 Å². The fourth-order valence-electron chi connectivity index (χ4n) is 2.38. The topological polar surface area (TPSA) is 86.9 Å². The molecule has 0 radical (unpaired) electrons. The number of aldehydes is 1. The maximum absolute atomic E-state index is 11.1. The number of aliphatic hydroxyl groups is 1. The van der Waals surface area contributed by atoms with E-state index in [4.69, 9.17) is 5.11 Å². The minimum atomic E-state index is -0.456. The molecule has 1 N–H and O–H groups in total. The molecule has 0 amide bonds. The van der Waals surface area contributed by atoms with Gasteiger partial charge in [0.2, 0.25) is 0 Å². The van der Waals surface area contributed by atoms with Crippen molar-refractivity contribution in [3.8, 4) is 0 Å². The van der Waals surface area contributed by atoms with Gasteiger partial charge in [0.25, 0.3) is 5.69 Å². The number of anilines is 1. The molecule has 1 aliphatic heterocycles. The third kappa shape index (κ3) is 3.12.